The Hall–Kier alpha value is -1.31. The van der Waals surface area contributed by atoms with Gasteiger partial charge in [0.25, 0.3) is 0 Å². The lowest BCUT2D eigenvalue weighted by Crippen LogP contribution is -2.48. The van der Waals surface area contributed by atoms with Gasteiger partial charge in [0.1, 0.15) is 5.60 Å². The van der Waals surface area contributed by atoms with Crippen LogP contribution in [0.1, 0.15) is 40.0 Å². The molecule has 2 aliphatic rings. The molecule has 136 valence electrons. The summed E-state index contributed by atoms with van der Waals surface area (Å²) < 4.78 is 6.61. The predicted octanol–water partition coefficient (Wildman–Crippen LogP) is 4.05. The first-order valence-electron chi connectivity index (χ1n) is 8.76. The van der Waals surface area contributed by atoms with E-state index in [0.29, 0.717) is 25.9 Å². The first-order chi connectivity index (χ1) is 11.7. The molecule has 2 fully saturated rings. The molecular formula is C19H25IN2O3. The lowest BCUT2D eigenvalue weighted by molar-refractivity contribution is -0.128. The maximum atomic E-state index is 13.1. The molecule has 0 atom stereocenters. The average molecular weight is 456 g/mol. The summed E-state index contributed by atoms with van der Waals surface area (Å²) in [6.07, 6.45) is 2.01. The van der Waals surface area contributed by atoms with Gasteiger partial charge in [-0.3, -0.25) is 4.79 Å². The fourth-order valence-electron chi connectivity index (χ4n) is 3.60. The van der Waals surface area contributed by atoms with E-state index in [0.717, 1.165) is 22.2 Å². The van der Waals surface area contributed by atoms with Crippen LogP contribution in [0.3, 0.4) is 0 Å². The Balaban J connectivity index is 1.64. The molecule has 6 heteroatoms. The van der Waals surface area contributed by atoms with E-state index in [1.54, 1.807) is 4.90 Å². The third kappa shape index (κ3) is 3.93. The van der Waals surface area contributed by atoms with Crippen LogP contribution in [0.25, 0.3) is 0 Å². The number of carbonyl (C=O) groups excluding carboxylic acids is 2. The van der Waals surface area contributed by atoms with Gasteiger partial charge < -0.3 is 14.5 Å². The Morgan fingerprint density at radius 1 is 1.08 bits per heavy atom. The van der Waals surface area contributed by atoms with Gasteiger partial charge in [0, 0.05) is 28.9 Å². The molecule has 0 aromatic heterocycles. The molecule has 25 heavy (non-hydrogen) atoms. The molecule has 1 spiro atoms. The summed E-state index contributed by atoms with van der Waals surface area (Å²) in [7, 11) is 0. The second-order valence-corrected chi connectivity index (χ2v) is 9.18. The van der Waals surface area contributed by atoms with Gasteiger partial charge in [-0.2, -0.15) is 0 Å². The third-order valence-electron chi connectivity index (χ3n) is 5.02. The van der Waals surface area contributed by atoms with Crippen molar-refractivity contribution in [2.45, 2.75) is 45.6 Å². The molecule has 2 amide bonds. The zero-order valence-electron chi connectivity index (χ0n) is 15.0. The number of amides is 2. The van der Waals surface area contributed by atoms with Crippen molar-refractivity contribution < 1.29 is 14.3 Å². The molecule has 2 heterocycles. The zero-order chi connectivity index (χ0) is 18.2. The number of carbonyl (C=O) groups is 2. The highest BCUT2D eigenvalue weighted by atomic mass is 127. The standard InChI is InChI=1S/C19H25IN2O3/c1-18(2,3)25-17(24)21-11-8-19(9-12-21)10-13-22(16(19)23)15-6-4-14(20)5-7-15/h4-7H,8-13H2,1-3H3. The summed E-state index contributed by atoms with van der Waals surface area (Å²) in [5.41, 5.74) is 0.162. The minimum absolute atomic E-state index is 0.206. The summed E-state index contributed by atoms with van der Waals surface area (Å²) in [5.74, 6) is 0.206. The molecule has 5 nitrogen and oxygen atoms in total. The summed E-state index contributed by atoms with van der Waals surface area (Å²) in [4.78, 5) is 28.9. The summed E-state index contributed by atoms with van der Waals surface area (Å²) in [5, 5.41) is 0. The molecule has 0 unspecified atom stereocenters. The highest BCUT2D eigenvalue weighted by Gasteiger charge is 2.49. The highest BCUT2D eigenvalue weighted by Crippen LogP contribution is 2.43. The van der Waals surface area contributed by atoms with Crippen molar-refractivity contribution in [3.05, 3.63) is 27.8 Å². The number of piperidine rings is 1. The van der Waals surface area contributed by atoms with Crippen molar-refractivity contribution in [3.63, 3.8) is 0 Å². The van der Waals surface area contributed by atoms with Gasteiger partial charge >= 0.3 is 6.09 Å². The van der Waals surface area contributed by atoms with Gasteiger partial charge in [-0.05, 0) is 86.9 Å². The summed E-state index contributed by atoms with van der Waals surface area (Å²) in [6.45, 7) is 7.54. The first kappa shape index (κ1) is 18.5. The van der Waals surface area contributed by atoms with Crippen LogP contribution >= 0.6 is 22.6 Å². The Labute approximate surface area is 162 Å². The predicted molar refractivity (Wildman–Crippen MR) is 106 cm³/mol. The lowest BCUT2D eigenvalue weighted by atomic mass is 9.77. The smallest absolute Gasteiger partial charge is 0.410 e. The number of anilines is 1. The molecule has 3 rings (SSSR count). The topological polar surface area (TPSA) is 49.9 Å². The fourth-order valence-corrected chi connectivity index (χ4v) is 3.96. The van der Waals surface area contributed by atoms with E-state index in [4.69, 9.17) is 4.74 Å². The normalized spacial score (nSPS) is 20.2. The maximum absolute atomic E-state index is 13.1. The monoisotopic (exact) mass is 456 g/mol. The molecule has 1 aromatic carbocycles. The van der Waals surface area contributed by atoms with Gasteiger partial charge in [0.2, 0.25) is 5.91 Å². The minimum Gasteiger partial charge on any atom is -0.444 e. The van der Waals surface area contributed by atoms with E-state index in [1.807, 2.05) is 49.9 Å². The van der Waals surface area contributed by atoms with Gasteiger partial charge in [0.05, 0.1) is 5.41 Å². The maximum Gasteiger partial charge on any atom is 0.410 e. The third-order valence-corrected chi connectivity index (χ3v) is 5.74. The number of ether oxygens (including phenoxy) is 1. The Kier molecular flexibility index (Phi) is 5.01. The van der Waals surface area contributed by atoms with E-state index in [2.05, 4.69) is 22.6 Å². The highest BCUT2D eigenvalue weighted by molar-refractivity contribution is 14.1. The Bertz CT molecular complexity index is 658. The largest absolute Gasteiger partial charge is 0.444 e. The number of hydrogen-bond acceptors (Lipinski definition) is 3. The van der Waals surface area contributed by atoms with Gasteiger partial charge in [0.15, 0.2) is 0 Å². The number of hydrogen-bond donors (Lipinski definition) is 0. The minimum atomic E-state index is -0.489. The lowest BCUT2D eigenvalue weighted by Gasteiger charge is -2.38. The van der Waals surface area contributed by atoms with E-state index in [1.165, 1.54) is 0 Å². The van der Waals surface area contributed by atoms with Crippen LogP contribution in [0, 0.1) is 8.99 Å². The van der Waals surface area contributed by atoms with Crippen LogP contribution in [-0.2, 0) is 9.53 Å². The Morgan fingerprint density at radius 3 is 2.20 bits per heavy atom. The fraction of sp³-hybridized carbons (Fsp3) is 0.579. The van der Waals surface area contributed by atoms with E-state index in [-0.39, 0.29) is 17.4 Å². The Morgan fingerprint density at radius 2 is 1.64 bits per heavy atom. The van der Waals surface area contributed by atoms with Crippen LogP contribution in [-0.4, -0.2) is 42.1 Å². The first-order valence-corrected chi connectivity index (χ1v) is 9.84. The van der Waals surface area contributed by atoms with Crippen molar-refractivity contribution >= 4 is 40.3 Å². The molecule has 0 N–H and O–H groups in total. The molecule has 0 bridgehead atoms. The average Bonchev–Trinajstić information content (AvgIpc) is 2.84. The number of halogens is 1. The van der Waals surface area contributed by atoms with Crippen molar-refractivity contribution in [2.24, 2.45) is 5.41 Å². The van der Waals surface area contributed by atoms with Crippen molar-refractivity contribution in [3.8, 4) is 0 Å². The van der Waals surface area contributed by atoms with Crippen molar-refractivity contribution in [2.75, 3.05) is 24.5 Å². The van der Waals surface area contributed by atoms with Gasteiger partial charge in [-0.15, -0.1) is 0 Å². The van der Waals surface area contributed by atoms with Crippen LogP contribution in [0.15, 0.2) is 24.3 Å². The molecule has 2 aliphatic heterocycles. The second kappa shape index (κ2) is 6.78. The van der Waals surface area contributed by atoms with Crippen LogP contribution in [0.2, 0.25) is 0 Å². The van der Waals surface area contributed by atoms with Gasteiger partial charge in [-0.25, -0.2) is 4.79 Å². The quantitative estimate of drug-likeness (QED) is 0.600. The number of likely N-dealkylation sites (tertiary alicyclic amines) is 1. The molecule has 0 radical (unpaired) electrons. The van der Waals surface area contributed by atoms with Gasteiger partial charge in [-0.1, -0.05) is 0 Å². The van der Waals surface area contributed by atoms with Crippen molar-refractivity contribution in [1.82, 2.24) is 4.90 Å². The number of rotatable bonds is 1. The SMILES string of the molecule is CC(C)(C)OC(=O)N1CCC2(CC1)CCN(c1ccc(I)cc1)C2=O. The van der Waals surface area contributed by atoms with E-state index in [9.17, 15) is 9.59 Å². The second-order valence-electron chi connectivity index (χ2n) is 7.93. The van der Waals surface area contributed by atoms with Crippen LogP contribution in [0.4, 0.5) is 10.5 Å². The van der Waals surface area contributed by atoms with Crippen LogP contribution in [0.5, 0.6) is 0 Å². The number of benzene rings is 1. The van der Waals surface area contributed by atoms with Crippen LogP contribution < -0.4 is 4.90 Å². The van der Waals surface area contributed by atoms with E-state index < -0.39 is 5.60 Å². The zero-order valence-corrected chi connectivity index (χ0v) is 17.2. The molecular weight excluding hydrogens is 431 g/mol. The molecule has 0 aliphatic carbocycles. The summed E-state index contributed by atoms with van der Waals surface area (Å²) in [6, 6.07) is 8.07. The molecule has 0 saturated carbocycles. The summed E-state index contributed by atoms with van der Waals surface area (Å²) >= 11 is 2.27. The molecule has 1 aromatic rings. The van der Waals surface area contributed by atoms with E-state index >= 15 is 0 Å². The van der Waals surface area contributed by atoms with Crippen molar-refractivity contribution in [1.29, 1.82) is 0 Å². The molecule has 2 saturated heterocycles. The number of nitrogens with zero attached hydrogens (tertiary/aromatic N) is 2.